The van der Waals surface area contributed by atoms with Crippen molar-refractivity contribution in [2.24, 2.45) is 0 Å². The van der Waals surface area contributed by atoms with Gasteiger partial charge in [0, 0.05) is 0 Å². The van der Waals surface area contributed by atoms with Crippen LogP contribution in [-0.2, 0) is 16.1 Å². The zero-order valence-electron chi connectivity index (χ0n) is 11.5. The number of amides is 1. The van der Waals surface area contributed by atoms with Crippen LogP contribution in [0.5, 0.6) is 5.75 Å². The van der Waals surface area contributed by atoms with Crippen LogP contribution < -0.4 is 10.1 Å². The second-order valence-electron chi connectivity index (χ2n) is 4.24. The van der Waals surface area contributed by atoms with E-state index in [1.165, 1.54) is 0 Å². The van der Waals surface area contributed by atoms with Crippen LogP contribution >= 0.6 is 0 Å². The van der Waals surface area contributed by atoms with E-state index in [1.54, 1.807) is 37.4 Å². The predicted molar refractivity (Wildman–Crippen MR) is 78.2 cm³/mol. The number of anilines is 1. The third kappa shape index (κ3) is 3.82. The molecule has 2 aromatic carbocycles. The molecule has 0 fully saturated rings. The van der Waals surface area contributed by atoms with Gasteiger partial charge in [0.25, 0.3) is 0 Å². The van der Waals surface area contributed by atoms with Gasteiger partial charge in [-0.05, 0) is 29.8 Å². The standard InChI is InChI=1S/C16H15NO4/c1-20-13-6-4-5-12(9-13)10-21-16(19)14-7-2-3-8-15(14)17-11-18/h2-9,11H,10H2,1H3,(H,17,18). The summed E-state index contributed by atoms with van der Waals surface area (Å²) in [4.78, 5) is 22.6. The Kier molecular flexibility index (Phi) is 4.93. The molecule has 0 spiro atoms. The molecule has 0 aliphatic heterocycles. The van der Waals surface area contributed by atoms with Crippen molar-refractivity contribution in [1.82, 2.24) is 0 Å². The van der Waals surface area contributed by atoms with Crippen molar-refractivity contribution >= 4 is 18.1 Å². The van der Waals surface area contributed by atoms with Crippen molar-refractivity contribution in [3.05, 3.63) is 59.7 Å². The summed E-state index contributed by atoms with van der Waals surface area (Å²) in [5.74, 6) is 0.203. The van der Waals surface area contributed by atoms with Crippen molar-refractivity contribution in [2.45, 2.75) is 6.61 Å². The highest BCUT2D eigenvalue weighted by atomic mass is 16.5. The second-order valence-corrected chi connectivity index (χ2v) is 4.24. The van der Waals surface area contributed by atoms with Gasteiger partial charge in [-0.15, -0.1) is 0 Å². The largest absolute Gasteiger partial charge is 0.497 e. The second kappa shape index (κ2) is 7.09. The molecule has 1 amide bonds. The Bertz CT molecular complexity index is 640. The number of carbonyl (C=O) groups excluding carboxylic acids is 2. The molecule has 0 aromatic heterocycles. The van der Waals surface area contributed by atoms with Gasteiger partial charge in [0.15, 0.2) is 0 Å². The fourth-order valence-electron chi connectivity index (χ4n) is 1.84. The first-order valence-electron chi connectivity index (χ1n) is 6.34. The van der Waals surface area contributed by atoms with Crippen molar-refractivity contribution in [3.8, 4) is 5.75 Å². The number of para-hydroxylation sites is 1. The van der Waals surface area contributed by atoms with E-state index in [2.05, 4.69) is 5.32 Å². The van der Waals surface area contributed by atoms with E-state index in [1.807, 2.05) is 18.2 Å². The van der Waals surface area contributed by atoms with Crippen LogP contribution in [0.1, 0.15) is 15.9 Å². The summed E-state index contributed by atoms with van der Waals surface area (Å²) in [7, 11) is 1.58. The highest BCUT2D eigenvalue weighted by Gasteiger charge is 2.12. The minimum atomic E-state index is -0.497. The van der Waals surface area contributed by atoms with Gasteiger partial charge in [-0.3, -0.25) is 4.79 Å². The van der Waals surface area contributed by atoms with E-state index in [9.17, 15) is 9.59 Å². The van der Waals surface area contributed by atoms with Crippen LogP contribution in [0.3, 0.4) is 0 Å². The van der Waals surface area contributed by atoms with Crippen molar-refractivity contribution in [1.29, 1.82) is 0 Å². The Morgan fingerprint density at radius 1 is 1.19 bits per heavy atom. The van der Waals surface area contributed by atoms with Gasteiger partial charge >= 0.3 is 5.97 Å². The number of ether oxygens (including phenoxy) is 2. The first-order valence-corrected chi connectivity index (χ1v) is 6.34. The number of hydrogen-bond donors (Lipinski definition) is 1. The van der Waals surface area contributed by atoms with Gasteiger partial charge in [-0.1, -0.05) is 24.3 Å². The van der Waals surface area contributed by atoms with Gasteiger partial charge in [-0.25, -0.2) is 4.79 Å². The molecule has 21 heavy (non-hydrogen) atoms. The summed E-state index contributed by atoms with van der Waals surface area (Å²) >= 11 is 0. The van der Waals surface area contributed by atoms with Crippen LogP contribution in [0, 0.1) is 0 Å². The summed E-state index contributed by atoms with van der Waals surface area (Å²) < 4.78 is 10.4. The van der Waals surface area contributed by atoms with Gasteiger partial charge in [0.05, 0.1) is 18.4 Å². The number of methoxy groups -OCH3 is 1. The fraction of sp³-hybridized carbons (Fsp3) is 0.125. The number of benzene rings is 2. The van der Waals surface area contributed by atoms with Gasteiger partial charge in [-0.2, -0.15) is 0 Å². The molecule has 0 radical (unpaired) electrons. The molecule has 0 unspecified atom stereocenters. The molecule has 0 saturated carbocycles. The molecule has 2 aromatic rings. The number of carbonyl (C=O) groups is 2. The first kappa shape index (κ1) is 14.6. The van der Waals surface area contributed by atoms with Crippen molar-refractivity contribution in [3.63, 3.8) is 0 Å². The molecule has 0 atom stereocenters. The smallest absolute Gasteiger partial charge is 0.340 e. The van der Waals surface area contributed by atoms with E-state index in [0.29, 0.717) is 23.4 Å². The lowest BCUT2D eigenvalue weighted by molar-refractivity contribution is -0.105. The van der Waals surface area contributed by atoms with Crippen molar-refractivity contribution in [2.75, 3.05) is 12.4 Å². The number of esters is 1. The molecule has 0 aliphatic rings. The van der Waals surface area contributed by atoms with E-state index < -0.39 is 5.97 Å². The van der Waals surface area contributed by atoms with Gasteiger partial charge in [0.1, 0.15) is 12.4 Å². The Morgan fingerprint density at radius 2 is 2.00 bits per heavy atom. The number of rotatable bonds is 6. The maximum absolute atomic E-state index is 12.1. The van der Waals surface area contributed by atoms with Gasteiger partial charge < -0.3 is 14.8 Å². The molecule has 1 N–H and O–H groups in total. The molecule has 0 heterocycles. The molecule has 5 nitrogen and oxygen atoms in total. The summed E-state index contributed by atoms with van der Waals surface area (Å²) in [6.07, 6.45) is 0.522. The molecule has 0 aliphatic carbocycles. The minimum Gasteiger partial charge on any atom is -0.497 e. The zero-order valence-corrected chi connectivity index (χ0v) is 11.5. The van der Waals surface area contributed by atoms with E-state index in [4.69, 9.17) is 9.47 Å². The lowest BCUT2D eigenvalue weighted by Crippen LogP contribution is -2.09. The van der Waals surface area contributed by atoms with Gasteiger partial charge in [0.2, 0.25) is 6.41 Å². The molecular formula is C16H15NO4. The fourth-order valence-corrected chi connectivity index (χ4v) is 1.84. The molecule has 5 heteroatoms. The maximum Gasteiger partial charge on any atom is 0.340 e. The minimum absolute atomic E-state index is 0.130. The molecule has 108 valence electrons. The van der Waals surface area contributed by atoms with Crippen LogP contribution in [0.25, 0.3) is 0 Å². The third-order valence-corrected chi connectivity index (χ3v) is 2.87. The molecular weight excluding hydrogens is 270 g/mol. The first-order chi connectivity index (χ1) is 10.2. The van der Waals surface area contributed by atoms with E-state index in [0.717, 1.165) is 5.56 Å². The lowest BCUT2D eigenvalue weighted by atomic mass is 10.2. The van der Waals surface area contributed by atoms with E-state index >= 15 is 0 Å². The zero-order chi connectivity index (χ0) is 15.1. The number of hydrogen-bond acceptors (Lipinski definition) is 4. The summed E-state index contributed by atoms with van der Waals surface area (Å²) in [5, 5.41) is 2.47. The Hall–Kier alpha value is -2.82. The quantitative estimate of drug-likeness (QED) is 0.654. The van der Waals surface area contributed by atoms with E-state index in [-0.39, 0.29) is 6.61 Å². The summed E-state index contributed by atoms with van der Waals surface area (Å²) in [5.41, 5.74) is 1.55. The Labute approximate surface area is 122 Å². The predicted octanol–water partition coefficient (Wildman–Crippen LogP) is 2.62. The Morgan fingerprint density at radius 3 is 2.76 bits per heavy atom. The van der Waals surface area contributed by atoms with Crippen molar-refractivity contribution < 1.29 is 19.1 Å². The van der Waals surface area contributed by atoms with Crippen LogP contribution in [0.15, 0.2) is 48.5 Å². The molecule has 0 bridgehead atoms. The molecule has 0 saturated heterocycles. The topological polar surface area (TPSA) is 64.6 Å². The summed E-state index contributed by atoms with van der Waals surface area (Å²) in [6.45, 7) is 0.130. The van der Waals surface area contributed by atoms with Crippen LogP contribution in [-0.4, -0.2) is 19.5 Å². The lowest BCUT2D eigenvalue weighted by Gasteiger charge is -2.09. The average molecular weight is 285 g/mol. The maximum atomic E-state index is 12.1. The summed E-state index contributed by atoms with van der Waals surface area (Å²) in [6, 6.07) is 13.9. The SMILES string of the molecule is COc1cccc(COC(=O)c2ccccc2NC=O)c1. The monoisotopic (exact) mass is 285 g/mol. The Balaban J connectivity index is 2.06. The third-order valence-electron chi connectivity index (χ3n) is 2.87. The molecule has 2 rings (SSSR count). The highest BCUT2D eigenvalue weighted by Crippen LogP contribution is 2.17. The normalized spacial score (nSPS) is 9.76. The van der Waals surface area contributed by atoms with Crippen LogP contribution in [0.4, 0.5) is 5.69 Å². The average Bonchev–Trinajstić information content (AvgIpc) is 2.53. The van der Waals surface area contributed by atoms with Crippen LogP contribution in [0.2, 0.25) is 0 Å². The number of nitrogens with one attached hydrogen (secondary N) is 1. The highest BCUT2D eigenvalue weighted by molar-refractivity contribution is 5.97.